The van der Waals surface area contributed by atoms with Crippen LogP contribution in [0.4, 0.5) is 0 Å². The molecule has 0 aromatic carbocycles. The minimum atomic E-state index is -0.783. The van der Waals surface area contributed by atoms with Crippen LogP contribution >= 0.6 is 0 Å². The summed E-state index contributed by atoms with van der Waals surface area (Å²) < 4.78 is 17.0. The van der Waals surface area contributed by atoms with Crippen LogP contribution in [0.25, 0.3) is 0 Å². The van der Waals surface area contributed by atoms with Crippen molar-refractivity contribution in [2.45, 2.75) is 374 Å². The Morgan fingerprint density at radius 2 is 0.469 bits per heavy atom. The maximum Gasteiger partial charge on any atom is 0.306 e. The number of unbranched alkanes of at least 4 members (excludes halogenated alkanes) is 42. The highest BCUT2D eigenvalue weighted by molar-refractivity contribution is 5.71. The Morgan fingerprint density at radius 3 is 0.728 bits per heavy atom. The standard InChI is InChI=1S/C75H134O6/c1-4-7-10-13-16-19-22-25-27-29-31-33-35-36-37-38-40-41-43-45-47-50-53-56-59-62-65-68-74(77)80-71-72(70-79-73(76)67-64-61-58-55-52-49-24-21-18-15-12-9-6-3)81-75(78)69-66-63-60-57-54-51-48-46-44-42-39-34-32-30-28-26-23-20-17-14-11-8-5-2/h12,15,21-26,29-32,72H,4-11,13-14,16-20,27-28,33-71H2,1-3H3/b15-12-,24-21-,25-22-,26-23-,31-29-,32-30-. The third kappa shape index (κ3) is 67.5. The normalized spacial score (nSPS) is 12.5. The highest BCUT2D eigenvalue weighted by Crippen LogP contribution is 2.17. The minimum Gasteiger partial charge on any atom is -0.462 e. The number of carbonyl (C=O) groups excluding carboxylic acids is 3. The van der Waals surface area contributed by atoms with E-state index in [1.165, 1.54) is 231 Å². The van der Waals surface area contributed by atoms with Gasteiger partial charge in [0.15, 0.2) is 6.10 Å². The first-order valence-corrected chi connectivity index (χ1v) is 35.4. The topological polar surface area (TPSA) is 78.9 Å². The van der Waals surface area contributed by atoms with Crippen LogP contribution in [-0.4, -0.2) is 37.2 Å². The van der Waals surface area contributed by atoms with E-state index in [9.17, 15) is 14.4 Å². The van der Waals surface area contributed by atoms with Crippen LogP contribution in [0.3, 0.4) is 0 Å². The number of ether oxygens (including phenoxy) is 3. The fraction of sp³-hybridized carbons (Fsp3) is 0.800. The van der Waals surface area contributed by atoms with Gasteiger partial charge < -0.3 is 14.2 Å². The summed E-state index contributed by atoms with van der Waals surface area (Å²) in [6.07, 6.45) is 90.7. The molecule has 0 bridgehead atoms. The second-order valence-electron chi connectivity index (χ2n) is 23.8. The molecule has 81 heavy (non-hydrogen) atoms. The second kappa shape index (κ2) is 69.3. The molecule has 6 nitrogen and oxygen atoms in total. The predicted molar refractivity (Wildman–Crippen MR) is 353 cm³/mol. The van der Waals surface area contributed by atoms with Crippen LogP contribution in [0.15, 0.2) is 72.9 Å². The number of allylic oxidation sites excluding steroid dienone is 12. The zero-order valence-electron chi connectivity index (χ0n) is 54.1. The Balaban J connectivity index is 4.25. The van der Waals surface area contributed by atoms with E-state index in [0.717, 1.165) is 96.3 Å². The molecule has 0 aromatic heterocycles. The van der Waals surface area contributed by atoms with Crippen LogP contribution in [0.1, 0.15) is 367 Å². The molecule has 1 unspecified atom stereocenters. The summed E-state index contributed by atoms with van der Waals surface area (Å²) in [7, 11) is 0. The molecular formula is C75H134O6. The van der Waals surface area contributed by atoms with Gasteiger partial charge in [0.05, 0.1) is 0 Å². The van der Waals surface area contributed by atoms with Crippen molar-refractivity contribution in [3.63, 3.8) is 0 Å². The molecule has 0 heterocycles. The zero-order valence-corrected chi connectivity index (χ0v) is 54.1. The Bertz CT molecular complexity index is 1490. The monoisotopic (exact) mass is 1130 g/mol. The summed E-state index contributed by atoms with van der Waals surface area (Å²) in [5, 5.41) is 0. The highest BCUT2D eigenvalue weighted by atomic mass is 16.6. The largest absolute Gasteiger partial charge is 0.462 e. The van der Waals surface area contributed by atoms with E-state index >= 15 is 0 Å². The van der Waals surface area contributed by atoms with Gasteiger partial charge in [0.2, 0.25) is 0 Å². The zero-order chi connectivity index (χ0) is 58.5. The van der Waals surface area contributed by atoms with Gasteiger partial charge in [-0.2, -0.15) is 0 Å². The first kappa shape index (κ1) is 77.9. The summed E-state index contributed by atoms with van der Waals surface area (Å²) in [4.78, 5) is 38.4. The van der Waals surface area contributed by atoms with Gasteiger partial charge in [-0.1, -0.05) is 312 Å². The lowest BCUT2D eigenvalue weighted by Crippen LogP contribution is -2.30. The first-order chi connectivity index (χ1) is 40.0. The van der Waals surface area contributed by atoms with E-state index < -0.39 is 6.10 Å². The molecule has 0 saturated carbocycles. The van der Waals surface area contributed by atoms with Gasteiger partial charge in [0, 0.05) is 19.3 Å². The quantitative estimate of drug-likeness (QED) is 0.0261. The molecule has 1 atom stereocenters. The van der Waals surface area contributed by atoms with Gasteiger partial charge >= 0.3 is 17.9 Å². The van der Waals surface area contributed by atoms with E-state index in [4.69, 9.17) is 14.2 Å². The van der Waals surface area contributed by atoms with E-state index in [1.807, 2.05) is 0 Å². The lowest BCUT2D eigenvalue weighted by molar-refractivity contribution is -0.167. The van der Waals surface area contributed by atoms with E-state index in [0.29, 0.717) is 19.3 Å². The fourth-order valence-corrected chi connectivity index (χ4v) is 10.3. The molecule has 0 aromatic rings. The third-order valence-corrected chi connectivity index (χ3v) is 15.6. The smallest absolute Gasteiger partial charge is 0.306 e. The Hall–Kier alpha value is -3.15. The van der Waals surface area contributed by atoms with Crippen molar-refractivity contribution in [1.82, 2.24) is 0 Å². The summed E-state index contributed by atoms with van der Waals surface area (Å²) in [5.74, 6) is -0.876. The van der Waals surface area contributed by atoms with Crippen molar-refractivity contribution in [1.29, 1.82) is 0 Å². The molecule has 0 radical (unpaired) electrons. The van der Waals surface area contributed by atoms with Crippen molar-refractivity contribution >= 4 is 17.9 Å². The van der Waals surface area contributed by atoms with E-state index in [1.54, 1.807) is 0 Å². The molecule has 470 valence electrons. The van der Waals surface area contributed by atoms with Crippen LogP contribution in [0, 0.1) is 0 Å². The van der Waals surface area contributed by atoms with Crippen molar-refractivity contribution in [2.75, 3.05) is 13.2 Å². The molecule has 0 aliphatic carbocycles. The molecule has 0 fully saturated rings. The van der Waals surface area contributed by atoms with Gasteiger partial charge in [0.25, 0.3) is 0 Å². The van der Waals surface area contributed by atoms with Crippen LogP contribution < -0.4 is 0 Å². The molecule has 0 spiro atoms. The van der Waals surface area contributed by atoms with Gasteiger partial charge in [-0.15, -0.1) is 0 Å². The van der Waals surface area contributed by atoms with Crippen LogP contribution in [-0.2, 0) is 28.6 Å². The van der Waals surface area contributed by atoms with Crippen molar-refractivity contribution in [3.8, 4) is 0 Å². The summed E-state index contributed by atoms with van der Waals surface area (Å²) in [6.45, 7) is 6.59. The number of hydrogen-bond donors (Lipinski definition) is 0. The van der Waals surface area contributed by atoms with Gasteiger partial charge in [-0.3, -0.25) is 14.4 Å². The van der Waals surface area contributed by atoms with Gasteiger partial charge in [0.1, 0.15) is 13.2 Å². The molecule has 0 aliphatic heterocycles. The average molecular weight is 1130 g/mol. The number of carbonyl (C=O) groups is 3. The van der Waals surface area contributed by atoms with Crippen LogP contribution in [0.5, 0.6) is 0 Å². The highest BCUT2D eigenvalue weighted by Gasteiger charge is 2.19. The molecule has 0 saturated heterocycles. The number of esters is 3. The van der Waals surface area contributed by atoms with E-state index in [2.05, 4.69) is 93.7 Å². The second-order valence-corrected chi connectivity index (χ2v) is 23.8. The predicted octanol–water partition coefficient (Wildman–Crippen LogP) is 24.4. The number of rotatable bonds is 65. The Morgan fingerprint density at radius 1 is 0.247 bits per heavy atom. The first-order valence-electron chi connectivity index (χ1n) is 35.4. The van der Waals surface area contributed by atoms with Gasteiger partial charge in [-0.05, 0) is 109 Å². The molecule has 0 N–H and O–H groups in total. The Labute approximate surface area is 503 Å². The summed E-state index contributed by atoms with van der Waals surface area (Å²) in [6, 6.07) is 0. The van der Waals surface area contributed by atoms with Crippen molar-refractivity contribution < 1.29 is 28.6 Å². The molecule has 6 heteroatoms. The average Bonchev–Trinajstić information content (AvgIpc) is 3.46. The lowest BCUT2D eigenvalue weighted by Gasteiger charge is -2.18. The maximum absolute atomic E-state index is 13.0. The van der Waals surface area contributed by atoms with E-state index in [-0.39, 0.29) is 31.1 Å². The summed E-state index contributed by atoms with van der Waals surface area (Å²) >= 11 is 0. The molecule has 0 amide bonds. The Kier molecular flexibility index (Phi) is 66.6. The van der Waals surface area contributed by atoms with Gasteiger partial charge in [-0.25, -0.2) is 0 Å². The SMILES string of the molecule is CCC/C=C\C/C=C\CCCCCCCC(=O)OCC(COC(=O)CCCCCCCCCCCCCCCCC/C=C\C/C=C\CCCCCCC)OC(=O)CCCCCCCCCCCCC/C=C\C/C=C\CCCCCCC. The summed E-state index contributed by atoms with van der Waals surface area (Å²) in [5.41, 5.74) is 0. The fourth-order valence-electron chi connectivity index (χ4n) is 10.3. The van der Waals surface area contributed by atoms with Crippen molar-refractivity contribution in [3.05, 3.63) is 72.9 Å². The molecular weight excluding hydrogens is 997 g/mol. The van der Waals surface area contributed by atoms with Crippen molar-refractivity contribution in [2.24, 2.45) is 0 Å². The van der Waals surface area contributed by atoms with Crippen LogP contribution in [0.2, 0.25) is 0 Å². The third-order valence-electron chi connectivity index (χ3n) is 15.6. The number of hydrogen-bond acceptors (Lipinski definition) is 6. The lowest BCUT2D eigenvalue weighted by atomic mass is 10.0. The molecule has 0 rings (SSSR count). The maximum atomic E-state index is 13.0. The molecule has 0 aliphatic rings. The minimum absolute atomic E-state index is 0.0781.